The molecule has 0 bridgehead atoms. The van der Waals surface area contributed by atoms with E-state index < -0.39 is 0 Å². The van der Waals surface area contributed by atoms with Gasteiger partial charge in [-0.2, -0.15) is 0 Å². The van der Waals surface area contributed by atoms with Crippen LogP contribution in [0.4, 0.5) is 4.39 Å². The van der Waals surface area contributed by atoms with E-state index in [1.165, 1.54) is 6.07 Å². The highest BCUT2D eigenvalue weighted by molar-refractivity contribution is 5.83. The van der Waals surface area contributed by atoms with Crippen LogP contribution in [0, 0.1) is 5.82 Å². The molecule has 3 rings (SSSR count). The Hall–Kier alpha value is -1.58. The summed E-state index contributed by atoms with van der Waals surface area (Å²) in [6.07, 6.45) is 0.847. The zero-order valence-corrected chi connectivity index (χ0v) is 9.33. The van der Waals surface area contributed by atoms with Crippen molar-refractivity contribution in [1.29, 1.82) is 0 Å². The van der Waals surface area contributed by atoms with Gasteiger partial charge in [0.1, 0.15) is 17.9 Å². The number of rotatable bonds is 1. The van der Waals surface area contributed by atoms with Crippen molar-refractivity contribution < 1.29 is 9.13 Å². The summed E-state index contributed by atoms with van der Waals surface area (Å²) in [4.78, 5) is 4.51. The molecule has 1 aromatic heterocycles. The van der Waals surface area contributed by atoms with E-state index in [1.807, 2.05) is 0 Å². The molecule has 1 aliphatic rings. The molecule has 0 saturated carbocycles. The predicted octanol–water partition coefficient (Wildman–Crippen LogP) is 2.69. The number of hydrogen-bond donors (Lipinski definition) is 0. The van der Waals surface area contributed by atoms with Crippen molar-refractivity contribution in [3.05, 3.63) is 23.8 Å². The lowest BCUT2D eigenvalue weighted by atomic mass is 10.2. The molecule has 1 unspecified atom stereocenters. The number of imidazole rings is 1. The van der Waals surface area contributed by atoms with Crippen LogP contribution in [0.2, 0.25) is 0 Å². The largest absolute Gasteiger partial charge is 0.486 e. The van der Waals surface area contributed by atoms with Gasteiger partial charge in [0.15, 0.2) is 11.6 Å². The molecule has 2 heterocycles. The fraction of sp³-hybridized carbons (Fsp3) is 0.417. The Morgan fingerprint density at radius 1 is 1.56 bits per heavy atom. The first kappa shape index (κ1) is 9.63. The highest BCUT2D eigenvalue weighted by atomic mass is 19.1. The molecular weight excluding hydrogens is 207 g/mol. The lowest BCUT2D eigenvalue weighted by molar-refractivity contribution is 0.235. The van der Waals surface area contributed by atoms with E-state index in [-0.39, 0.29) is 11.9 Å². The minimum Gasteiger partial charge on any atom is -0.486 e. The highest BCUT2D eigenvalue weighted by Crippen LogP contribution is 2.35. The van der Waals surface area contributed by atoms with Crippen LogP contribution < -0.4 is 4.74 Å². The first-order chi connectivity index (χ1) is 7.72. The maximum absolute atomic E-state index is 13.6. The normalized spacial score (nSPS) is 18.8. The second-order valence-electron chi connectivity index (χ2n) is 4.16. The highest BCUT2D eigenvalue weighted by Gasteiger charge is 2.25. The average Bonchev–Trinajstić information content (AvgIpc) is 2.66. The Morgan fingerprint density at radius 2 is 2.38 bits per heavy atom. The van der Waals surface area contributed by atoms with Gasteiger partial charge >= 0.3 is 0 Å². The Kier molecular flexibility index (Phi) is 1.93. The van der Waals surface area contributed by atoms with E-state index in [4.69, 9.17) is 4.74 Å². The molecule has 16 heavy (non-hydrogen) atoms. The second kappa shape index (κ2) is 3.20. The third kappa shape index (κ3) is 1.10. The van der Waals surface area contributed by atoms with Crippen molar-refractivity contribution >= 4 is 11.0 Å². The van der Waals surface area contributed by atoms with Gasteiger partial charge in [0.05, 0.1) is 11.6 Å². The summed E-state index contributed by atoms with van der Waals surface area (Å²) in [5.41, 5.74) is 1.62. The molecule has 1 aliphatic heterocycles. The van der Waals surface area contributed by atoms with E-state index in [9.17, 15) is 4.39 Å². The van der Waals surface area contributed by atoms with Crippen LogP contribution in [0.5, 0.6) is 5.75 Å². The summed E-state index contributed by atoms with van der Waals surface area (Å²) in [5, 5.41) is 0. The zero-order chi connectivity index (χ0) is 11.3. The summed E-state index contributed by atoms with van der Waals surface area (Å²) >= 11 is 0. The predicted molar refractivity (Wildman–Crippen MR) is 59.3 cm³/mol. The zero-order valence-electron chi connectivity index (χ0n) is 9.33. The maximum Gasteiger partial charge on any atom is 0.180 e. The van der Waals surface area contributed by atoms with Gasteiger partial charge in [0, 0.05) is 6.42 Å². The minimum atomic E-state index is -0.303. The summed E-state index contributed by atoms with van der Waals surface area (Å²) in [6.45, 7) is 4.63. The number of aryl methyl sites for hydroxylation is 1. The van der Waals surface area contributed by atoms with Crippen molar-refractivity contribution in [1.82, 2.24) is 9.55 Å². The van der Waals surface area contributed by atoms with Crippen LogP contribution in [0.25, 0.3) is 11.0 Å². The average molecular weight is 220 g/mol. The summed E-state index contributed by atoms with van der Waals surface area (Å²) in [7, 11) is 0. The van der Waals surface area contributed by atoms with Gasteiger partial charge in [-0.05, 0) is 19.1 Å². The molecule has 84 valence electrons. The van der Waals surface area contributed by atoms with Crippen LogP contribution in [0.3, 0.4) is 0 Å². The van der Waals surface area contributed by atoms with Crippen molar-refractivity contribution in [3.63, 3.8) is 0 Å². The maximum atomic E-state index is 13.6. The van der Waals surface area contributed by atoms with E-state index in [1.54, 1.807) is 6.07 Å². The monoisotopic (exact) mass is 220 g/mol. The van der Waals surface area contributed by atoms with Gasteiger partial charge in [0.25, 0.3) is 0 Å². The van der Waals surface area contributed by atoms with Crippen LogP contribution >= 0.6 is 0 Å². The quantitative estimate of drug-likeness (QED) is 0.738. The van der Waals surface area contributed by atoms with E-state index in [2.05, 4.69) is 23.4 Å². The third-order valence-corrected chi connectivity index (χ3v) is 3.06. The number of hydrogen-bond acceptors (Lipinski definition) is 2. The molecule has 0 radical (unpaired) electrons. The first-order valence-corrected chi connectivity index (χ1v) is 5.54. The SMILES string of the molecule is CCc1nc2ccc(F)c3c2n1C(C)CO3. The molecule has 0 fully saturated rings. The Labute approximate surface area is 92.8 Å². The molecule has 0 saturated heterocycles. The summed E-state index contributed by atoms with van der Waals surface area (Å²) in [5.74, 6) is 1.05. The van der Waals surface area contributed by atoms with Crippen molar-refractivity contribution in [2.75, 3.05) is 6.61 Å². The number of halogens is 1. The molecule has 0 N–H and O–H groups in total. The fourth-order valence-corrected chi connectivity index (χ4v) is 2.32. The second-order valence-corrected chi connectivity index (χ2v) is 4.16. The van der Waals surface area contributed by atoms with Gasteiger partial charge in [-0.25, -0.2) is 9.37 Å². The molecule has 0 amide bonds. The van der Waals surface area contributed by atoms with Gasteiger partial charge in [-0.3, -0.25) is 0 Å². The molecule has 1 aromatic carbocycles. The Bertz CT molecular complexity index is 562. The number of nitrogens with zero attached hydrogens (tertiary/aromatic N) is 2. The van der Waals surface area contributed by atoms with E-state index in [0.29, 0.717) is 12.4 Å². The Balaban J connectivity index is 2.44. The third-order valence-electron chi connectivity index (χ3n) is 3.06. The lowest BCUT2D eigenvalue weighted by Gasteiger charge is -2.24. The molecule has 4 heteroatoms. The van der Waals surface area contributed by atoms with E-state index in [0.717, 1.165) is 23.3 Å². The molecular formula is C12H13FN2O. The van der Waals surface area contributed by atoms with Gasteiger partial charge in [-0.1, -0.05) is 6.92 Å². The Morgan fingerprint density at radius 3 is 3.12 bits per heavy atom. The van der Waals surface area contributed by atoms with Crippen LogP contribution in [0.15, 0.2) is 12.1 Å². The molecule has 2 aromatic rings. The van der Waals surface area contributed by atoms with Gasteiger partial charge in [-0.15, -0.1) is 0 Å². The molecule has 0 aliphatic carbocycles. The van der Waals surface area contributed by atoms with Gasteiger partial charge in [0.2, 0.25) is 0 Å². The van der Waals surface area contributed by atoms with E-state index >= 15 is 0 Å². The van der Waals surface area contributed by atoms with Crippen LogP contribution in [-0.2, 0) is 6.42 Å². The van der Waals surface area contributed by atoms with Crippen molar-refractivity contribution in [2.45, 2.75) is 26.3 Å². The first-order valence-electron chi connectivity index (χ1n) is 5.54. The smallest absolute Gasteiger partial charge is 0.180 e. The number of ether oxygens (including phenoxy) is 1. The number of aromatic nitrogens is 2. The van der Waals surface area contributed by atoms with Crippen LogP contribution in [-0.4, -0.2) is 16.2 Å². The topological polar surface area (TPSA) is 27.1 Å². The summed E-state index contributed by atoms with van der Waals surface area (Å²) in [6, 6.07) is 3.35. The lowest BCUT2D eigenvalue weighted by Crippen LogP contribution is -2.21. The minimum absolute atomic E-state index is 0.217. The van der Waals surface area contributed by atoms with Crippen molar-refractivity contribution in [3.8, 4) is 5.75 Å². The molecule has 1 atom stereocenters. The molecule has 3 nitrogen and oxygen atoms in total. The number of benzene rings is 1. The fourth-order valence-electron chi connectivity index (χ4n) is 2.32. The molecule has 0 spiro atoms. The van der Waals surface area contributed by atoms with Crippen molar-refractivity contribution in [2.24, 2.45) is 0 Å². The van der Waals surface area contributed by atoms with Gasteiger partial charge < -0.3 is 9.30 Å². The summed E-state index contributed by atoms with van der Waals surface area (Å²) < 4.78 is 21.2. The van der Waals surface area contributed by atoms with Crippen LogP contribution in [0.1, 0.15) is 25.7 Å². The standard InChI is InChI=1S/C12H13FN2O/c1-3-10-14-9-5-4-8(13)12-11(9)15(10)7(2)6-16-12/h4-5,7H,3,6H2,1-2H3.